The number of ether oxygens (including phenoxy) is 3. The molecule has 0 fully saturated rings. The molecule has 178 valence electrons. The van der Waals surface area contributed by atoms with E-state index < -0.39 is 16.9 Å². The Hall–Kier alpha value is -3.82. The summed E-state index contributed by atoms with van der Waals surface area (Å²) in [4.78, 5) is 37.7. The van der Waals surface area contributed by atoms with Crippen molar-refractivity contribution in [2.24, 2.45) is 0 Å². The summed E-state index contributed by atoms with van der Waals surface area (Å²) in [6, 6.07) is 10.5. The van der Waals surface area contributed by atoms with Crippen molar-refractivity contribution >= 4 is 17.5 Å². The maximum absolute atomic E-state index is 13.1. The second-order valence-corrected chi connectivity index (χ2v) is 7.07. The van der Waals surface area contributed by atoms with Gasteiger partial charge in [-0.2, -0.15) is 0 Å². The van der Waals surface area contributed by atoms with E-state index in [-0.39, 0.29) is 36.2 Å². The number of nitrogens with zero attached hydrogens (tertiary/aromatic N) is 2. The number of carbonyl (C=O) groups is 2. The van der Waals surface area contributed by atoms with Crippen molar-refractivity contribution < 1.29 is 28.7 Å². The molecule has 0 bridgehead atoms. The van der Waals surface area contributed by atoms with Crippen LogP contribution >= 0.6 is 0 Å². The molecule has 2 aromatic carbocycles. The molecule has 10 nitrogen and oxygen atoms in total. The fourth-order valence-corrected chi connectivity index (χ4v) is 3.27. The van der Waals surface area contributed by atoms with Gasteiger partial charge in [-0.15, -0.1) is 0 Å². The number of carbonyl (C=O) groups excluding carboxylic acids is 2. The van der Waals surface area contributed by atoms with Crippen molar-refractivity contribution in [3.8, 4) is 17.2 Å². The van der Waals surface area contributed by atoms with Gasteiger partial charge in [0, 0.05) is 25.2 Å². The number of methoxy groups -OCH3 is 2. The van der Waals surface area contributed by atoms with E-state index in [1.807, 2.05) is 26.0 Å². The minimum Gasteiger partial charge on any atom is -0.497 e. The van der Waals surface area contributed by atoms with Gasteiger partial charge in [0.1, 0.15) is 17.5 Å². The molecule has 0 saturated heterocycles. The summed E-state index contributed by atoms with van der Waals surface area (Å²) in [6.45, 7) is 3.93. The summed E-state index contributed by atoms with van der Waals surface area (Å²) in [7, 11) is 2.88. The lowest BCUT2D eigenvalue weighted by molar-refractivity contribution is -0.385. The molecule has 1 atom stereocenters. The summed E-state index contributed by atoms with van der Waals surface area (Å²) in [5.41, 5.74) is 0.614. The van der Waals surface area contributed by atoms with Crippen LogP contribution in [-0.2, 0) is 16.1 Å². The summed E-state index contributed by atoms with van der Waals surface area (Å²) in [6.07, 6.45) is 0.416. The predicted octanol–water partition coefficient (Wildman–Crippen LogP) is 2.93. The molecule has 0 aliphatic carbocycles. The second kappa shape index (κ2) is 12.3. The molecule has 2 amide bonds. The predicted molar refractivity (Wildman–Crippen MR) is 121 cm³/mol. The molecule has 0 aliphatic heterocycles. The van der Waals surface area contributed by atoms with E-state index in [4.69, 9.17) is 14.2 Å². The van der Waals surface area contributed by atoms with E-state index in [0.29, 0.717) is 18.7 Å². The minimum atomic E-state index is -0.686. The van der Waals surface area contributed by atoms with E-state index in [9.17, 15) is 19.7 Å². The Morgan fingerprint density at radius 2 is 1.73 bits per heavy atom. The zero-order valence-electron chi connectivity index (χ0n) is 19.2. The quantitative estimate of drug-likeness (QED) is 0.383. The lowest BCUT2D eigenvalue weighted by atomic mass is 10.1. The first-order chi connectivity index (χ1) is 15.8. The van der Waals surface area contributed by atoms with Crippen molar-refractivity contribution in [1.82, 2.24) is 10.2 Å². The van der Waals surface area contributed by atoms with Crippen LogP contribution in [0.15, 0.2) is 42.5 Å². The molecule has 0 spiro atoms. The van der Waals surface area contributed by atoms with Crippen LogP contribution in [0.3, 0.4) is 0 Å². The second-order valence-electron chi connectivity index (χ2n) is 7.07. The number of likely N-dealkylation sites (N-methyl/N-ethyl adjacent to an activating group) is 1. The van der Waals surface area contributed by atoms with Gasteiger partial charge >= 0.3 is 5.69 Å². The van der Waals surface area contributed by atoms with Crippen molar-refractivity contribution in [1.29, 1.82) is 0 Å². The highest BCUT2D eigenvalue weighted by molar-refractivity contribution is 5.88. The van der Waals surface area contributed by atoms with Crippen LogP contribution in [0.4, 0.5) is 5.69 Å². The fraction of sp³-hybridized carbons (Fsp3) is 0.391. The Morgan fingerprint density at radius 3 is 2.27 bits per heavy atom. The number of nitro groups is 1. The number of nitrogens with one attached hydrogen (secondary N) is 1. The van der Waals surface area contributed by atoms with Gasteiger partial charge in [0.25, 0.3) is 5.91 Å². The zero-order valence-corrected chi connectivity index (χ0v) is 19.2. The molecular weight excluding hydrogens is 430 g/mol. The monoisotopic (exact) mass is 459 g/mol. The molecular formula is C23H29N3O7. The smallest absolute Gasteiger partial charge is 0.311 e. The first-order valence-electron chi connectivity index (χ1n) is 10.5. The van der Waals surface area contributed by atoms with E-state index in [1.165, 1.54) is 30.2 Å². The van der Waals surface area contributed by atoms with Crippen LogP contribution in [0.2, 0.25) is 0 Å². The molecule has 33 heavy (non-hydrogen) atoms. The Kier molecular flexibility index (Phi) is 9.46. The first-order valence-corrected chi connectivity index (χ1v) is 10.5. The molecule has 2 rings (SSSR count). The number of benzene rings is 2. The van der Waals surface area contributed by atoms with Crippen molar-refractivity contribution in [2.75, 3.05) is 27.4 Å². The number of nitro benzene ring substituents is 1. The van der Waals surface area contributed by atoms with E-state index in [2.05, 4.69) is 5.32 Å². The van der Waals surface area contributed by atoms with Crippen LogP contribution in [-0.4, -0.2) is 55.1 Å². The Morgan fingerprint density at radius 1 is 1.06 bits per heavy atom. The van der Waals surface area contributed by atoms with Gasteiger partial charge in [-0.25, -0.2) is 0 Å². The van der Waals surface area contributed by atoms with Crippen molar-refractivity contribution in [2.45, 2.75) is 32.9 Å². The zero-order chi connectivity index (χ0) is 24.4. The third-order valence-corrected chi connectivity index (χ3v) is 4.96. The summed E-state index contributed by atoms with van der Waals surface area (Å²) < 4.78 is 15.8. The topological polar surface area (TPSA) is 120 Å². The van der Waals surface area contributed by atoms with E-state index in [0.717, 1.165) is 5.56 Å². The van der Waals surface area contributed by atoms with Gasteiger partial charge in [0.15, 0.2) is 6.61 Å². The number of rotatable bonds is 12. The maximum atomic E-state index is 13.1. The molecule has 0 unspecified atom stereocenters. The standard InChI is InChI=1S/C23H29N3O7/c1-5-19(23(28)24-6-2)25(14-16-7-9-17(31-3)10-8-16)22(27)15-33-18-11-12-20(26(29)30)21(13-18)32-4/h7-13,19H,5-6,14-15H2,1-4H3,(H,24,28)/t19-/m0/s1. The van der Waals surface area contributed by atoms with Crippen LogP contribution in [0.25, 0.3) is 0 Å². The lowest BCUT2D eigenvalue weighted by Crippen LogP contribution is -2.50. The Balaban J connectivity index is 2.22. The van der Waals surface area contributed by atoms with Gasteiger partial charge < -0.3 is 24.4 Å². The first kappa shape index (κ1) is 25.4. The Bertz CT molecular complexity index is 963. The molecule has 0 aromatic heterocycles. The fourth-order valence-electron chi connectivity index (χ4n) is 3.27. The molecule has 0 heterocycles. The highest BCUT2D eigenvalue weighted by Crippen LogP contribution is 2.30. The summed E-state index contributed by atoms with van der Waals surface area (Å²) in [5, 5.41) is 13.8. The maximum Gasteiger partial charge on any atom is 0.311 e. The van der Waals surface area contributed by atoms with Gasteiger partial charge in [0.05, 0.1) is 19.1 Å². The summed E-state index contributed by atoms with van der Waals surface area (Å²) in [5.74, 6) is 0.290. The largest absolute Gasteiger partial charge is 0.497 e. The molecule has 0 aliphatic rings. The van der Waals surface area contributed by atoms with Gasteiger partial charge in [-0.1, -0.05) is 19.1 Å². The van der Waals surface area contributed by atoms with Crippen molar-refractivity contribution in [3.63, 3.8) is 0 Å². The van der Waals surface area contributed by atoms with Crippen LogP contribution < -0.4 is 19.5 Å². The number of hydrogen-bond donors (Lipinski definition) is 1. The van der Waals surface area contributed by atoms with Crippen molar-refractivity contribution in [3.05, 3.63) is 58.1 Å². The van der Waals surface area contributed by atoms with Crippen LogP contribution in [0.5, 0.6) is 17.2 Å². The van der Waals surface area contributed by atoms with Gasteiger partial charge in [-0.05, 0) is 37.1 Å². The molecule has 0 saturated carbocycles. The average Bonchev–Trinajstić information content (AvgIpc) is 2.82. The summed E-state index contributed by atoms with van der Waals surface area (Å²) >= 11 is 0. The van der Waals surface area contributed by atoms with E-state index in [1.54, 1.807) is 19.2 Å². The molecule has 0 radical (unpaired) electrons. The molecule has 1 N–H and O–H groups in total. The number of amides is 2. The highest BCUT2D eigenvalue weighted by Gasteiger charge is 2.29. The van der Waals surface area contributed by atoms with E-state index >= 15 is 0 Å². The number of hydrogen-bond acceptors (Lipinski definition) is 7. The van der Waals surface area contributed by atoms with Gasteiger partial charge in [-0.3, -0.25) is 19.7 Å². The van der Waals surface area contributed by atoms with Crippen LogP contribution in [0.1, 0.15) is 25.8 Å². The SMILES string of the molecule is CCNC(=O)[C@H](CC)N(Cc1ccc(OC)cc1)C(=O)COc1ccc([N+](=O)[O-])c(OC)c1. The third-order valence-electron chi connectivity index (χ3n) is 4.96. The van der Waals surface area contributed by atoms with Gasteiger partial charge in [0.2, 0.25) is 11.7 Å². The third kappa shape index (κ3) is 6.83. The minimum absolute atomic E-state index is 0.0220. The normalized spacial score (nSPS) is 11.3. The lowest BCUT2D eigenvalue weighted by Gasteiger charge is -2.30. The highest BCUT2D eigenvalue weighted by atomic mass is 16.6. The molecule has 2 aromatic rings. The molecule has 10 heteroatoms. The Labute approximate surface area is 192 Å². The van der Waals surface area contributed by atoms with Crippen LogP contribution in [0, 0.1) is 10.1 Å². The average molecular weight is 459 g/mol.